The first-order valence-corrected chi connectivity index (χ1v) is 12.4. The van der Waals surface area contributed by atoms with Crippen LogP contribution in [-0.4, -0.2) is 53.0 Å². The minimum Gasteiger partial charge on any atom is -0.489 e. The minimum absolute atomic E-state index is 0.270. The fourth-order valence-electron chi connectivity index (χ4n) is 3.33. The average Bonchev–Trinajstić information content (AvgIpc) is 2.74. The molecule has 1 amide bonds. The Bertz CT molecular complexity index is 851. The highest BCUT2D eigenvalue weighted by atomic mass is 16.6. The number of hydrogen-bond acceptors (Lipinski definition) is 5. The van der Waals surface area contributed by atoms with E-state index in [1.54, 1.807) is 18.0 Å². The van der Waals surface area contributed by atoms with E-state index in [1.165, 1.54) is 5.56 Å². The number of rotatable bonds is 7. The lowest BCUT2D eigenvalue weighted by molar-refractivity contribution is -0.0984. The van der Waals surface area contributed by atoms with Crippen molar-refractivity contribution in [3.05, 3.63) is 72.2 Å². The molecule has 1 fully saturated rings. The van der Waals surface area contributed by atoms with E-state index in [2.05, 4.69) is 37.9 Å². The highest BCUT2D eigenvalue weighted by Crippen LogP contribution is 2.31. The van der Waals surface area contributed by atoms with Crippen molar-refractivity contribution < 1.29 is 19.4 Å². The molecule has 0 radical (unpaired) electrons. The molecule has 1 aromatic rings. The Balaban J connectivity index is 0.000000351. The summed E-state index contributed by atoms with van der Waals surface area (Å²) in [6.45, 7) is 18.0. The minimum atomic E-state index is -0.513. The van der Waals surface area contributed by atoms with Crippen LogP contribution in [-0.2, 0) is 15.9 Å². The van der Waals surface area contributed by atoms with Crippen molar-refractivity contribution in [3.63, 3.8) is 0 Å². The van der Waals surface area contributed by atoms with Gasteiger partial charge in [0.05, 0.1) is 11.9 Å². The largest absolute Gasteiger partial charge is 0.489 e. The molecule has 1 aromatic carbocycles. The van der Waals surface area contributed by atoms with Gasteiger partial charge in [-0.25, -0.2) is 4.79 Å². The number of benzene rings is 1. The highest BCUT2D eigenvalue weighted by molar-refractivity contribution is 5.67. The SMILES string of the molecule is C=C/C=C(\C=C1/CCC(O)C(C)(C)O1)NC(C)C.CN(CCc1ccccc1)C(=O)OC(C)(C)C. The summed E-state index contributed by atoms with van der Waals surface area (Å²) < 4.78 is 11.1. The van der Waals surface area contributed by atoms with Crippen molar-refractivity contribution in [2.24, 2.45) is 0 Å². The zero-order valence-electron chi connectivity index (χ0n) is 22.9. The van der Waals surface area contributed by atoms with E-state index < -0.39 is 17.3 Å². The standard InChI is InChI=1S/C15H25NO2.C14H21NO2/c1-6-7-12(16-11(2)3)10-13-8-9-14(17)15(4,5)18-13;1-14(2,3)17-13(16)15(4)11-10-12-8-6-5-7-9-12/h6-7,10-11,14,16-17H,1,8-9H2,2-5H3;5-9H,10-11H2,1-4H3/b12-7+,13-10+;. The van der Waals surface area contributed by atoms with Crippen molar-refractivity contribution >= 4 is 6.09 Å². The third-order valence-electron chi connectivity index (χ3n) is 5.21. The molecule has 35 heavy (non-hydrogen) atoms. The van der Waals surface area contributed by atoms with Crippen LogP contribution in [0.2, 0.25) is 0 Å². The van der Waals surface area contributed by atoms with Crippen molar-refractivity contribution in [2.75, 3.05) is 13.6 Å². The zero-order chi connectivity index (χ0) is 26.6. The number of carbonyl (C=O) groups is 1. The van der Waals surface area contributed by atoms with Gasteiger partial charge in [-0.2, -0.15) is 0 Å². The van der Waals surface area contributed by atoms with Gasteiger partial charge in [0.15, 0.2) is 0 Å². The van der Waals surface area contributed by atoms with E-state index >= 15 is 0 Å². The molecule has 6 heteroatoms. The smallest absolute Gasteiger partial charge is 0.410 e. The van der Waals surface area contributed by atoms with Crippen LogP contribution < -0.4 is 5.32 Å². The van der Waals surface area contributed by atoms with E-state index in [1.807, 2.05) is 65.0 Å². The van der Waals surface area contributed by atoms with Crippen molar-refractivity contribution in [2.45, 2.75) is 91.1 Å². The normalized spacial score (nSPS) is 18.7. The van der Waals surface area contributed by atoms with Gasteiger partial charge in [0.25, 0.3) is 0 Å². The molecule has 0 saturated carbocycles. The highest BCUT2D eigenvalue weighted by Gasteiger charge is 2.34. The molecule has 0 spiro atoms. The fraction of sp³-hybridized carbons (Fsp3) is 0.552. The van der Waals surface area contributed by atoms with E-state index in [-0.39, 0.29) is 6.09 Å². The topological polar surface area (TPSA) is 71.0 Å². The Labute approximate surface area is 212 Å². The number of allylic oxidation sites excluding steroid dienone is 4. The second-order valence-electron chi connectivity index (χ2n) is 10.7. The number of likely N-dealkylation sites (N-methyl/N-ethyl adjacent to an activating group) is 1. The Morgan fingerprint density at radius 1 is 1.31 bits per heavy atom. The van der Waals surface area contributed by atoms with Crippen molar-refractivity contribution in [3.8, 4) is 0 Å². The number of hydrogen-bond donors (Lipinski definition) is 2. The molecule has 1 aliphatic rings. The first-order chi connectivity index (χ1) is 16.2. The monoisotopic (exact) mass is 486 g/mol. The molecule has 0 aromatic heterocycles. The predicted molar refractivity (Wildman–Crippen MR) is 144 cm³/mol. The van der Waals surface area contributed by atoms with Crippen LogP contribution in [0, 0.1) is 0 Å². The molecular weight excluding hydrogens is 440 g/mol. The average molecular weight is 487 g/mol. The molecule has 0 bridgehead atoms. The second kappa shape index (κ2) is 14.0. The van der Waals surface area contributed by atoms with Crippen LogP contribution in [0.4, 0.5) is 4.79 Å². The lowest BCUT2D eigenvalue weighted by Gasteiger charge is -2.37. The quantitative estimate of drug-likeness (QED) is 0.464. The van der Waals surface area contributed by atoms with Gasteiger partial charge in [-0.1, -0.05) is 43.0 Å². The summed E-state index contributed by atoms with van der Waals surface area (Å²) in [5.41, 5.74) is 1.27. The third-order valence-corrected chi connectivity index (χ3v) is 5.21. The Morgan fingerprint density at radius 3 is 2.46 bits per heavy atom. The molecular formula is C29H46N2O4. The number of amides is 1. The van der Waals surface area contributed by atoms with Gasteiger partial charge in [0.1, 0.15) is 11.2 Å². The first-order valence-electron chi connectivity index (χ1n) is 12.4. The van der Waals surface area contributed by atoms with Gasteiger partial charge in [0.2, 0.25) is 0 Å². The molecule has 1 unspecified atom stereocenters. The van der Waals surface area contributed by atoms with Crippen LogP contribution in [0.5, 0.6) is 0 Å². The molecule has 1 saturated heterocycles. The van der Waals surface area contributed by atoms with Crippen molar-refractivity contribution in [1.82, 2.24) is 10.2 Å². The van der Waals surface area contributed by atoms with Gasteiger partial charge in [-0.15, -0.1) is 0 Å². The van der Waals surface area contributed by atoms with E-state index in [0.29, 0.717) is 12.6 Å². The maximum absolute atomic E-state index is 11.7. The Hall–Kier alpha value is -2.73. The van der Waals surface area contributed by atoms with E-state index in [4.69, 9.17) is 9.47 Å². The van der Waals surface area contributed by atoms with Gasteiger partial charge in [-0.3, -0.25) is 0 Å². The molecule has 2 N–H and O–H groups in total. The molecule has 1 atom stereocenters. The van der Waals surface area contributed by atoms with E-state index in [0.717, 1.165) is 30.7 Å². The van der Waals surface area contributed by atoms with Crippen molar-refractivity contribution in [1.29, 1.82) is 0 Å². The molecule has 1 heterocycles. The summed E-state index contributed by atoms with van der Waals surface area (Å²) in [7, 11) is 1.76. The molecule has 196 valence electrons. The summed E-state index contributed by atoms with van der Waals surface area (Å²) >= 11 is 0. The van der Waals surface area contributed by atoms with Gasteiger partial charge in [0, 0.05) is 31.8 Å². The summed E-state index contributed by atoms with van der Waals surface area (Å²) in [6.07, 6.45) is 7.35. The number of carbonyl (C=O) groups excluding carboxylic acids is 1. The number of aliphatic hydroxyl groups excluding tert-OH is 1. The van der Waals surface area contributed by atoms with Gasteiger partial charge < -0.3 is 24.8 Å². The lowest BCUT2D eigenvalue weighted by Crippen LogP contribution is -2.42. The maximum atomic E-state index is 11.7. The van der Waals surface area contributed by atoms with Crippen LogP contribution in [0.25, 0.3) is 0 Å². The van der Waals surface area contributed by atoms with Gasteiger partial charge >= 0.3 is 6.09 Å². The molecule has 1 aliphatic heterocycles. The number of aliphatic hydroxyl groups is 1. The summed E-state index contributed by atoms with van der Waals surface area (Å²) in [5.74, 6) is 0.909. The first kappa shape index (κ1) is 30.3. The number of nitrogens with zero attached hydrogens (tertiary/aromatic N) is 1. The third kappa shape index (κ3) is 12.5. The van der Waals surface area contributed by atoms with Crippen LogP contribution in [0.3, 0.4) is 0 Å². The second-order valence-corrected chi connectivity index (χ2v) is 10.7. The fourth-order valence-corrected chi connectivity index (χ4v) is 3.33. The predicted octanol–water partition coefficient (Wildman–Crippen LogP) is 5.98. The lowest BCUT2D eigenvalue weighted by atomic mass is 9.93. The number of ether oxygens (including phenoxy) is 2. The Morgan fingerprint density at radius 2 is 1.94 bits per heavy atom. The Kier molecular flexibility index (Phi) is 12.1. The van der Waals surface area contributed by atoms with Gasteiger partial charge in [-0.05, 0) is 79.0 Å². The maximum Gasteiger partial charge on any atom is 0.410 e. The summed E-state index contributed by atoms with van der Waals surface area (Å²) in [4.78, 5) is 13.3. The summed E-state index contributed by atoms with van der Waals surface area (Å²) in [6, 6.07) is 10.5. The molecule has 6 nitrogen and oxygen atoms in total. The van der Waals surface area contributed by atoms with Crippen LogP contribution in [0.15, 0.2) is 66.6 Å². The summed E-state index contributed by atoms with van der Waals surface area (Å²) in [5, 5.41) is 13.2. The molecule has 2 rings (SSSR count). The zero-order valence-corrected chi connectivity index (χ0v) is 22.9. The van der Waals surface area contributed by atoms with Crippen LogP contribution >= 0.6 is 0 Å². The van der Waals surface area contributed by atoms with E-state index in [9.17, 15) is 9.90 Å². The molecule has 0 aliphatic carbocycles. The van der Waals surface area contributed by atoms with Crippen LogP contribution in [0.1, 0.15) is 66.9 Å². The number of nitrogens with one attached hydrogen (secondary N) is 1.